The monoisotopic (exact) mass is 852 g/mol. The van der Waals surface area contributed by atoms with Crippen LogP contribution in [0.25, 0.3) is 6.08 Å². The molecule has 264 valence electrons. The van der Waals surface area contributed by atoms with Crippen molar-refractivity contribution in [2.45, 2.75) is 33.4 Å². The molecule has 0 saturated heterocycles. The third-order valence-corrected chi connectivity index (χ3v) is 9.96. The number of hydrogen-bond acceptors (Lipinski definition) is 10. The predicted molar refractivity (Wildman–Crippen MR) is 202 cm³/mol. The van der Waals surface area contributed by atoms with E-state index in [9.17, 15) is 9.59 Å². The molecule has 0 saturated carbocycles. The zero-order valence-corrected chi connectivity index (χ0v) is 32.5. The standard InChI is InChI=1S/C36H35Cl2IN2O8S/c1-6-46-28-16-21(15-26(39)33(28)49-19-22-11-12-23(37)18-25(22)38)17-29-34(42)41-31(24-9-8-10-27(45-5)32(24)47-7-2)30(20(3)40-36(41)50-29)35(43)48-14-13-44-4/h8-12,15-18,31H,6-7,13-14,19H2,1-5H3/b29-17+/t31-/m1/s1. The summed E-state index contributed by atoms with van der Waals surface area (Å²) in [6.07, 6.45) is 1.77. The average Bonchev–Trinajstić information content (AvgIpc) is 3.38. The van der Waals surface area contributed by atoms with E-state index in [0.29, 0.717) is 72.4 Å². The number of carbonyl (C=O) groups excluding carboxylic acids is 1. The van der Waals surface area contributed by atoms with Crippen LogP contribution in [-0.4, -0.2) is 51.2 Å². The van der Waals surface area contributed by atoms with Crippen molar-refractivity contribution in [2.24, 2.45) is 4.99 Å². The van der Waals surface area contributed by atoms with Crippen molar-refractivity contribution in [2.75, 3.05) is 40.6 Å². The number of methoxy groups -OCH3 is 2. The van der Waals surface area contributed by atoms with E-state index in [1.54, 1.807) is 37.3 Å². The first kappa shape index (κ1) is 37.7. The van der Waals surface area contributed by atoms with E-state index in [1.807, 2.05) is 38.1 Å². The molecule has 0 radical (unpaired) electrons. The summed E-state index contributed by atoms with van der Waals surface area (Å²) in [5.74, 6) is 1.33. The van der Waals surface area contributed by atoms with E-state index in [2.05, 4.69) is 22.6 Å². The quantitative estimate of drug-likeness (QED) is 0.0783. The molecular formula is C36H35Cl2IN2O8S. The first-order valence-electron chi connectivity index (χ1n) is 15.6. The van der Waals surface area contributed by atoms with E-state index in [-0.39, 0.29) is 31.0 Å². The van der Waals surface area contributed by atoms with Crippen molar-refractivity contribution in [3.63, 3.8) is 0 Å². The molecule has 3 aromatic carbocycles. The Morgan fingerprint density at radius 3 is 2.48 bits per heavy atom. The topological polar surface area (TPSA) is 107 Å². The summed E-state index contributed by atoms with van der Waals surface area (Å²) in [5.41, 5.74) is 2.33. The SMILES string of the molecule is CCOc1cc(/C=c2/sc3n(c2=O)[C@H](c2cccc(OC)c2OCC)C(C(=O)OCCOC)=C(C)N=3)cc(I)c1OCc1ccc(Cl)cc1Cl. The predicted octanol–water partition coefficient (Wildman–Crippen LogP) is 6.72. The van der Waals surface area contributed by atoms with E-state index < -0.39 is 12.0 Å². The molecule has 0 N–H and O–H groups in total. The molecule has 0 aliphatic carbocycles. The highest BCUT2D eigenvalue weighted by molar-refractivity contribution is 14.1. The highest BCUT2D eigenvalue weighted by Gasteiger charge is 2.36. The molecule has 0 amide bonds. The minimum absolute atomic E-state index is 0.0347. The van der Waals surface area contributed by atoms with E-state index in [4.69, 9.17) is 56.6 Å². The number of rotatable bonds is 14. The summed E-state index contributed by atoms with van der Waals surface area (Å²) in [7, 11) is 3.06. The summed E-state index contributed by atoms with van der Waals surface area (Å²) < 4.78 is 37.1. The van der Waals surface area contributed by atoms with Crippen molar-refractivity contribution in [1.82, 2.24) is 4.57 Å². The van der Waals surface area contributed by atoms with Gasteiger partial charge in [0.15, 0.2) is 27.8 Å². The maximum absolute atomic E-state index is 14.4. The Balaban J connectivity index is 1.62. The molecule has 4 aromatic rings. The van der Waals surface area contributed by atoms with Crippen LogP contribution in [0.4, 0.5) is 0 Å². The highest BCUT2D eigenvalue weighted by Crippen LogP contribution is 2.41. The smallest absolute Gasteiger partial charge is 0.338 e. The second kappa shape index (κ2) is 17.1. The Morgan fingerprint density at radius 2 is 1.78 bits per heavy atom. The van der Waals surface area contributed by atoms with Crippen LogP contribution in [0, 0.1) is 3.57 Å². The lowest BCUT2D eigenvalue weighted by molar-refractivity contribution is -0.140. The number of carbonyl (C=O) groups is 1. The van der Waals surface area contributed by atoms with Gasteiger partial charge in [-0.3, -0.25) is 9.36 Å². The molecule has 14 heteroatoms. The largest absolute Gasteiger partial charge is 0.493 e. The van der Waals surface area contributed by atoms with Gasteiger partial charge in [0, 0.05) is 28.3 Å². The van der Waals surface area contributed by atoms with Crippen molar-refractivity contribution >= 4 is 69.2 Å². The van der Waals surface area contributed by atoms with Gasteiger partial charge in [-0.1, -0.05) is 52.7 Å². The van der Waals surface area contributed by atoms with Crippen LogP contribution in [0.1, 0.15) is 43.5 Å². The fourth-order valence-electron chi connectivity index (χ4n) is 5.39. The van der Waals surface area contributed by atoms with Gasteiger partial charge in [-0.25, -0.2) is 9.79 Å². The molecule has 5 rings (SSSR count). The Labute approximate surface area is 317 Å². The number of allylic oxidation sites excluding steroid dienone is 1. The number of hydrogen-bond donors (Lipinski definition) is 0. The maximum Gasteiger partial charge on any atom is 0.338 e. The number of thiazole rings is 1. The van der Waals surface area contributed by atoms with Gasteiger partial charge in [-0.05, 0) is 85.3 Å². The number of fused-ring (bicyclic) bond motifs is 1. The molecule has 1 aliphatic rings. The molecule has 0 bridgehead atoms. The van der Waals surface area contributed by atoms with Gasteiger partial charge >= 0.3 is 5.97 Å². The molecule has 1 aromatic heterocycles. The van der Waals surface area contributed by atoms with E-state index >= 15 is 0 Å². The summed E-state index contributed by atoms with van der Waals surface area (Å²) >= 11 is 15.8. The molecule has 2 heterocycles. The molecule has 0 fully saturated rings. The van der Waals surface area contributed by atoms with Gasteiger partial charge in [-0.2, -0.15) is 0 Å². The molecule has 10 nitrogen and oxygen atoms in total. The summed E-state index contributed by atoms with van der Waals surface area (Å²) in [6.45, 7) is 6.64. The lowest BCUT2D eigenvalue weighted by Gasteiger charge is -2.27. The third-order valence-electron chi connectivity index (χ3n) is 7.59. The van der Waals surface area contributed by atoms with Gasteiger partial charge in [0.2, 0.25) is 0 Å². The Morgan fingerprint density at radius 1 is 1.00 bits per heavy atom. The number of nitrogens with zero attached hydrogens (tertiary/aromatic N) is 2. The second-order valence-corrected chi connectivity index (χ2v) is 13.8. The molecule has 50 heavy (non-hydrogen) atoms. The fourth-order valence-corrected chi connectivity index (χ4v) is 7.69. The third kappa shape index (κ3) is 8.15. The number of aromatic nitrogens is 1. The lowest BCUT2D eigenvalue weighted by atomic mass is 9.94. The van der Waals surface area contributed by atoms with E-state index in [0.717, 1.165) is 9.13 Å². The van der Waals surface area contributed by atoms with Crippen molar-refractivity contribution in [3.8, 4) is 23.0 Å². The van der Waals surface area contributed by atoms with Gasteiger partial charge < -0.3 is 28.4 Å². The fraction of sp³-hybridized carbons (Fsp3) is 0.306. The molecule has 1 aliphatic heterocycles. The zero-order valence-electron chi connectivity index (χ0n) is 28.0. The molecular weight excluding hydrogens is 818 g/mol. The number of para-hydroxylation sites is 1. The van der Waals surface area contributed by atoms with Crippen LogP contribution in [-0.2, 0) is 20.9 Å². The Hall–Kier alpha value is -3.56. The minimum atomic E-state index is -0.908. The van der Waals surface area contributed by atoms with Crippen LogP contribution >= 0.6 is 57.1 Å². The van der Waals surface area contributed by atoms with E-state index in [1.165, 1.54) is 30.1 Å². The van der Waals surface area contributed by atoms with Crippen molar-refractivity contribution < 1.29 is 33.2 Å². The maximum atomic E-state index is 14.4. The second-order valence-electron chi connectivity index (χ2n) is 10.8. The number of esters is 1. The first-order chi connectivity index (χ1) is 24.1. The van der Waals surface area contributed by atoms with Crippen LogP contribution in [0.15, 0.2) is 69.6 Å². The zero-order chi connectivity index (χ0) is 35.9. The summed E-state index contributed by atoms with van der Waals surface area (Å²) in [4.78, 5) is 33.1. The molecule has 0 unspecified atom stereocenters. The molecule has 1 atom stereocenters. The van der Waals surface area contributed by atoms with Crippen LogP contribution < -0.4 is 33.8 Å². The summed E-state index contributed by atoms with van der Waals surface area (Å²) in [5, 5.41) is 1.04. The lowest BCUT2D eigenvalue weighted by Crippen LogP contribution is -2.40. The Kier molecular flexibility index (Phi) is 12.9. The first-order valence-corrected chi connectivity index (χ1v) is 18.3. The normalized spacial score (nSPS) is 14.2. The number of ether oxygens (including phenoxy) is 6. The highest BCUT2D eigenvalue weighted by atomic mass is 127. The van der Waals surface area contributed by atoms with Gasteiger partial charge in [0.25, 0.3) is 5.56 Å². The van der Waals surface area contributed by atoms with Crippen molar-refractivity contribution in [1.29, 1.82) is 0 Å². The van der Waals surface area contributed by atoms with Gasteiger partial charge in [-0.15, -0.1) is 0 Å². The van der Waals surface area contributed by atoms with Crippen LogP contribution in [0.3, 0.4) is 0 Å². The number of benzene rings is 3. The summed E-state index contributed by atoms with van der Waals surface area (Å²) in [6, 6.07) is 13.4. The van der Waals surface area contributed by atoms with Crippen molar-refractivity contribution in [3.05, 3.63) is 110 Å². The van der Waals surface area contributed by atoms with Crippen LogP contribution in [0.5, 0.6) is 23.0 Å². The van der Waals surface area contributed by atoms with Crippen LogP contribution in [0.2, 0.25) is 10.0 Å². The Bertz CT molecular complexity index is 2110. The number of halogens is 3. The average molecular weight is 854 g/mol. The minimum Gasteiger partial charge on any atom is -0.493 e. The van der Waals surface area contributed by atoms with Gasteiger partial charge in [0.05, 0.1) is 46.3 Å². The molecule has 0 spiro atoms. The van der Waals surface area contributed by atoms with Gasteiger partial charge in [0.1, 0.15) is 19.3 Å².